The lowest BCUT2D eigenvalue weighted by Crippen LogP contribution is -2.47. The first-order chi connectivity index (χ1) is 12.3. The fourth-order valence-corrected chi connectivity index (χ4v) is 5.90. The molecule has 0 saturated carbocycles. The van der Waals surface area contributed by atoms with Gasteiger partial charge in [-0.25, -0.2) is 8.42 Å². The lowest BCUT2D eigenvalue weighted by molar-refractivity contribution is -0.120. The second-order valence-electron chi connectivity index (χ2n) is 6.53. The van der Waals surface area contributed by atoms with E-state index in [1.165, 1.54) is 11.8 Å². The molecule has 1 atom stereocenters. The molecule has 10 heteroatoms. The maximum absolute atomic E-state index is 12.3. The van der Waals surface area contributed by atoms with E-state index >= 15 is 0 Å². The van der Waals surface area contributed by atoms with Gasteiger partial charge in [0.15, 0.2) is 20.8 Å². The summed E-state index contributed by atoms with van der Waals surface area (Å²) < 4.78 is 25.2. The van der Waals surface area contributed by atoms with Crippen LogP contribution in [0.25, 0.3) is 11.4 Å². The monoisotopic (exact) mass is 395 g/mol. The van der Waals surface area contributed by atoms with E-state index in [0.29, 0.717) is 18.1 Å². The number of carbonyl (C=O) groups is 1. The van der Waals surface area contributed by atoms with Crippen LogP contribution in [0.15, 0.2) is 29.7 Å². The van der Waals surface area contributed by atoms with Crippen molar-refractivity contribution in [2.24, 2.45) is 0 Å². The second-order valence-corrected chi connectivity index (χ2v) is 9.65. The molecule has 0 unspecified atom stereocenters. The molecule has 1 fully saturated rings. The van der Waals surface area contributed by atoms with Gasteiger partial charge in [-0.05, 0) is 32.4 Å². The Morgan fingerprint density at radius 2 is 2.08 bits per heavy atom. The van der Waals surface area contributed by atoms with Crippen LogP contribution in [-0.4, -0.2) is 56.9 Å². The third kappa shape index (κ3) is 4.24. The van der Waals surface area contributed by atoms with Gasteiger partial charge in [-0.15, -0.1) is 10.2 Å². The smallest absolute Gasteiger partial charge is 0.230 e. The number of amides is 1. The summed E-state index contributed by atoms with van der Waals surface area (Å²) in [5.74, 6) is 0.797. The maximum Gasteiger partial charge on any atom is 0.230 e. The molecule has 3 heterocycles. The van der Waals surface area contributed by atoms with Gasteiger partial charge in [-0.3, -0.25) is 9.78 Å². The number of pyridine rings is 1. The molecular formula is C16H21N5O3S2. The molecule has 1 amide bonds. The lowest BCUT2D eigenvalue weighted by Gasteiger charge is -2.23. The molecule has 0 aliphatic carbocycles. The molecule has 0 spiro atoms. The summed E-state index contributed by atoms with van der Waals surface area (Å²) in [6, 6.07) is 3.72. The van der Waals surface area contributed by atoms with Gasteiger partial charge >= 0.3 is 0 Å². The maximum atomic E-state index is 12.3. The first kappa shape index (κ1) is 18.8. The van der Waals surface area contributed by atoms with Crippen LogP contribution in [0.3, 0.4) is 0 Å². The second kappa shape index (κ2) is 7.36. The first-order valence-electron chi connectivity index (χ1n) is 8.30. The van der Waals surface area contributed by atoms with E-state index in [1.54, 1.807) is 19.3 Å². The fourth-order valence-electron chi connectivity index (χ4n) is 3.01. The molecule has 0 radical (unpaired) electrons. The summed E-state index contributed by atoms with van der Waals surface area (Å²) in [5.41, 5.74) is 0.228. The molecule has 0 bridgehead atoms. The number of rotatable bonds is 6. The summed E-state index contributed by atoms with van der Waals surface area (Å²) in [6.07, 6.45) is 3.84. The third-order valence-corrected chi connectivity index (χ3v) is 7.12. The molecule has 8 nitrogen and oxygen atoms in total. The predicted molar refractivity (Wildman–Crippen MR) is 99.5 cm³/mol. The van der Waals surface area contributed by atoms with Crippen LogP contribution in [0, 0.1) is 0 Å². The van der Waals surface area contributed by atoms with Crippen molar-refractivity contribution in [3.05, 3.63) is 24.5 Å². The van der Waals surface area contributed by atoms with Crippen LogP contribution >= 0.6 is 11.8 Å². The highest BCUT2D eigenvalue weighted by molar-refractivity contribution is 7.99. The number of nitrogens with zero attached hydrogens (tertiary/aromatic N) is 4. The van der Waals surface area contributed by atoms with E-state index in [2.05, 4.69) is 20.5 Å². The normalized spacial score (nSPS) is 21.6. The van der Waals surface area contributed by atoms with Crippen LogP contribution in [-0.2, 0) is 21.2 Å². The number of nitrogens with one attached hydrogen (secondary N) is 1. The van der Waals surface area contributed by atoms with Crippen molar-refractivity contribution >= 4 is 27.5 Å². The average Bonchev–Trinajstić information content (AvgIpc) is 3.13. The summed E-state index contributed by atoms with van der Waals surface area (Å²) in [5, 5.41) is 11.9. The average molecular weight is 396 g/mol. The zero-order chi connectivity index (χ0) is 18.8. The zero-order valence-electron chi connectivity index (χ0n) is 14.7. The lowest BCUT2D eigenvalue weighted by atomic mass is 10.0. The molecule has 1 aliphatic rings. The summed E-state index contributed by atoms with van der Waals surface area (Å²) >= 11 is 1.29. The van der Waals surface area contributed by atoms with Crippen LogP contribution in [0.1, 0.15) is 20.3 Å². The van der Waals surface area contributed by atoms with Gasteiger partial charge in [0, 0.05) is 24.5 Å². The van der Waals surface area contributed by atoms with E-state index in [0.717, 1.165) is 11.4 Å². The Bertz CT molecular complexity index is 898. The quantitative estimate of drug-likeness (QED) is 0.731. The molecule has 3 rings (SSSR count). The highest BCUT2D eigenvalue weighted by Crippen LogP contribution is 2.25. The number of hydrogen-bond donors (Lipinski definition) is 1. The molecule has 1 saturated heterocycles. The molecule has 1 N–H and O–H groups in total. The Kier molecular flexibility index (Phi) is 5.33. The van der Waals surface area contributed by atoms with E-state index in [1.807, 2.05) is 23.6 Å². The van der Waals surface area contributed by atoms with Gasteiger partial charge < -0.3 is 9.88 Å². The van der Waals surface area contributed by atoms with Crippen molar-refractivity contribution in [2.75, 3.05) is 17.3 Å². The highest BCUT2D eigenvalue weighted by Gasteiger charge is 2.39. The van der Waals surface area contributed by atoms with Gasteiger partial charge in [0.05, 0.1) is 22.8 Å². The largest absolute Gasteiger partial charge is 0.349 e. The Labute approximate surface area is 156 Å². The van der Waals surface area contributed by atoms with E-state index in [4.69, 9.17) is 0 Å². The van der Waals surface area contributed by atoms with Crippen LogP contribution in [0.2, 0.25) is 0 Å². The number of hydrogen-bond acceptors (Lipinski definition) is 7. The van der Waals surface area contributed by atoms with Crippen molar-refractivity contribution < 1.29 is 13.2 Å². The number of carbonyl (C=O) groups excluding carboxylic acids is 1. The minimum absolute atomic E-state index is 0.00621. The Hall–Kier alpha value is -1.94. The molecule has 140 valence electrons. The van der Waals surface area contributed by atoms with Crippen molar-refractivity contribution in [1.29, 1.82) is 0 Å². The third-order valence-electron chi connectivity index (χ3n) is 4.25. The van der Waals surface area contributed by atoms with Gasteiger partial charge in [0.25, 0.3) is 0 Å². The Morgan fingerprint density at radius 3 is 2.69 bits per heavy atom. The molecule has 0 aromatic carbocycles. The minimum atomic E-state index is -3.06. The van der Waals surface area contributed by atoms with Gasteiger partial charge in [-0.1, -0.05) is 11.8 Å². The number of thioether (sulfide) groups is 1. The highest BCUT2D eigenvalue weighted by atomic mass is 32.2. The van der Waals surface area contributed by atoms with Crippen molar-refractivity contribution in [1.82, 2.24) is 25.1 Å². The molecule has 26 heavy (non-hydrogen) atoms. The van der Waals surface area contributed by atoms with Crippen molar-refractivity contribution in [3.63, 3.8) is 0 Å². The SMILES string of the molecule is CCn1c(SCC(=O)N[C@@]2(C)CCS(=O)(=O)C2)nnc1-c1ccncc1. The molecule has 2 aromatic rings. The van der Waals surface area contributed by atoms with Crippen LogP contribution in [0.5, 0.6) is 0 Å². The first-order valence-corrected chi connectivity index (χ1v) is 11.1. The molecular weight excluding hydrogens is 374 g/mol. The van der Waals surface area contributed by atoms with Crippen molar-refractivity contribution in [3.8, 4) is 11.4 Å². The topological polar surface area (TPSA) is 107 Å². The van der Waals surface area contributed by atoms with E-state index in [9.17, 15) is 13.2 Å². The van der Waals surface area contributed by atoms with Crippen LogP contribution in [0.4, 0.5) is 0 Å². The predicted octanol–water partition coefficient (Wildman–Crippen LogP) is 1.15. The summed E-state index contributed by atoms with van der Waals surface area (Å²) in [6.45, 7) is 4.43. The summed E-state index contributed by atoms with van der Waals surface area (Å²) in [4.78, 5) is 16.3. The van der Waals surface area contributed by atoms with E-state index in [-0.39, 0.29) is 23.2 Å². The van der Waals surface area contributed by atoms with Crippen molar-refractivity contribution in [2.45, 2.75) is 37.5 Å². The Balaban J connectivity index is 1.65. The summed E-state index contributed by atoms with van der Waals surface area (Å²) in [7, 11) is -3.06. The standard InChI is InChI=1S/C16H21N5O3S2/c1-3-21-14(12-4-7-17-8-5-12)19-20-15(21)25-10-13(22)18-16(2)6-9-26(23,24)11-16/h4-5,7-8H,3,6,9-11H2,1-2H3,(H,18,22)/t16-/m0/s1. The Morgan fingerprint density at radius 1 is 1.35 bits per heavy atom. The van der Waals surface area contributed by atoms with Gasteiger partial charge in [0.2, 0.25) is 5.91 Å². The van der Waals surface area contributed by atoms with Crippen LogP contribution < -0.4 is 5.32 Å². The number of sulfone groups is 1. The number of aromatic nitrogens is 4. The molecule has 2 aromatic heterocycles. The van der Waals surface area contributed by atoms with E-state index < -0.39 is 15.4 Å². The van der Waals surface area contributed by atoms with Gasteiger partial charge in [0.1, 0.15) is 0 Å². The minimum Gasteiger partial charge on any atom is -0.349 e. The fraction of sp³-hybridized carbons (Fsp3) is 0.500. The zero-order valence-corrected chi connectivity index (χ0v) is 16.3. The van der Waals surface area contributed by atoms with Gasteiger partial charge in [-0.2, -0.15) is 0 Å². The molecule has 1 aliphatic heterocycles.